The first-order valence-electron chi connectivity index (χ1n) is 4.72. The van der Waals surface area contributed by atoms with E-state index in [9.17, 15) is 9.59 Å². The maximum atomic E-state index is 11.2. The van der Waals surface area contributed by atoms with Crippen molar-refractivity contribution >= 4 is 23.6 Å². The highest BCUT2D eigenvalue weighted by atomic mass is 32.2. The van der Waals surface area contributed by atoms with E-state index in [0.717, 1.165) is 10.5 Å². The van der Waals surface area contributed by atoms with Crippen molar-refractivity contribution in [2.45, 2.75) is 11.4 Å². The van der Waals surface area contributed by atoms with E-state index >= 15 is 0 Å². The van der Waals surface area contributed by atoms with Gasteiger partial charge in [-0.1, -0.05) is 12.1 Å². The summed E-state index contributed by atoms with van der Waals surface area (Å²) in [4.78, 5) is 24.3. The molecule has 0 heterocycles. The minimum Gasteiger partial charge on any atom is -0.361 e. The number of nitrogens with two attached hydrogens (primary N) is 1. The number of nitrogens with zero attached hydrogens (tertiary/aromatic N) is 1. The molecule has 0 fully saturated rings. The number of hydrogen-bond donors (Lipinski definition) is 1. The molecule has 0 radical (unpaired) electrons. The SMILES string of the molecule is CSc1ccc(CN(C)C(=O)C(N)=O)cc1. The first kappa shape index (κ1) is 12.6. The maximum absolute atomic E-state index is 11.2. The molecule has 1 aromatic carbocycles. The van der Waals surface area contributed by atoms with Crippen molar-refractivity contribution in [2.24, 2.45) is 5.73 Å². The van der Waals surface area contributed by atoms with Crippen molar-refractivity contribution in [1.82, 2.24) is 4.90 Å². The molecule has 0 spiro atoms. The average molecular weight is 238 g/mol. The fourth-order valence-electron chi connectivity index (χ4n) is 1.26. The molecule has 1 rings (SSSR count). The smallest absolute Gasteiger partial charge is 0.311 e. The van der Waals surface area contributed by atoms with Gasteiger partial charge in [0.05, 0.1) is 0 Å². The molecule has 0 aliphatic carbocycles. The van der Waals surface area contributed by atoms with Gasteiger partial charge in [-0.3, -0.25) is 9.59 Å². The Morgan fingerprint density at radius 1 is 1.31 bits per heavy atom. The summed E-state index contributed by atoms with van der Waals surface area (Å²) >= 11 is 1.65. The minimum absolute atomic E-state index is 0.385. The van der Waals surface area contributed by atoms with Crippen molar-refractivity contribution in [3.8, 4) is 0 Å². The lowest BCUT2D eigenvalue weighted by molar-refractivity contribution is -0.143. The number of hydrogen-bond acceptors (Lipinski definition) is 3. The molecule has 0 aliphatic rings. The number of amides is 2. The molecule has 1 aromatic rings. The van der Waals surface area contributed by atoms with E-state index in [2.05, 4.69) is 0 Å². The lowest BCUT2D eigenvalue weighted by Gasteiger charge is -2.15. The first-order valence-corrected chi connectivity index (χ1v) is 5.95. The molecule has 16 heavy (non-hydrogen) atoms. The molecule has 0 aliphatic heterocycles. The van der Waals surface area contributed by atoms with Crippen LogP contribution in [0.25, 0.3) is 0 Å². The number of thioether (sulfide) groups is 1. The van der Waals surface area contributed by atoms with E-state index in [1.807, 2.05) is 30.5 Å². The molecule has 0 atom stereocenters. The molecule has 5 heteroatoms. The van der Waals surface area contributed by atoms with Gasteiger partial charge in [-0.05, 0) is 24.0 Å². The average Bonchev–Trinajstić information content (AvgIpc) is 2.28. The molecular formula is C11H14N2O2S. The molecule has 2 N–H and O–H groups in total. The Hall–Kier alpha value is -1.49. The van der Waals surface area contributed by atoms with Crippen LogP contribution < -0.4 is 5.73 Å². The van der Waals surface area contributed by atoms with Crippen LogP contribution in [0.15, 0.2) is 29.2 Å². The zero-order chi connectivity index (χ0) is 12.1. The molecule has 4 nitrogen and oxygen atoms in total. The Balaban J connectivity index is 2.66. The van der Waals surface area contributed by atoms with E-state index in [4.69, 9.17) is 5.73 Å². The maximum Gasteiger partial charge on any atom is 0.311 e. The zero-order valence-electron chi connectivity index (χ0n) is 9.27. The van der Waals surface area contributed by atoms with Gasteiger partial charge in [0.25, 0.3) is 0 Å². The monoisotopic (exact) mass is 238 g/mol. The number of benzene rings is 1. The van der Waals surface area contributed by atoms with Gasteiger partial charge in [0.2, 0.25) is 0 Å². The summed E-state index contributed by atoms with van der Waals surface area (Å²) in [5.74, 6) is -1.60. The van der Waals surface area contributed by atoms with Crippen LogP contribution in [-0.4, -0.2) is 30.0 Å². The lowest BCUT2D eigenvalue weighted by atomic mass is 10.2. The normalized spacial score (nSPS) is 9.88. The summed E-state index contributed by atoms with van der Waals surface area (Å²) in [5, 5.41) is 0. The predicted octanol–water partition coefficient (Wildman–Crippen LogP) is 0.852. The predicted molar refractivity (Wildman–Crippen MR) is 63.9 cm³/mol. The summed E-state index contributed by atoms with van der Waals surface area (Å²) < 4.78 is 0. The van der Waals surface area contributed by atoms with Crippen molar-refractivity contribution in [1.29, 1.82) is 0 Å². The van der Waals surface area contributed by atoms with Gasteiger partial charge in [-0.2, -0.15) is 0 Å². The Labute approximate surface area is 98.8 Å². The largest absolute Gasteiger partial charge is 0.361 e. The van der Waals surface area contributed by atoms with E-state index in [1.54, 1.807) is 18.8 Å². The van der Waals surface area contributed by atoms with E-state index in [-0.39, 0.29) is 0 Å². The molecule has 2 amide bonds. The van der Waals surface area contributed by atoms with Crippen molar-refractivity contribution in [3.63, 3.8) is 0 Å². The Bertz CT molecular complexity index is 389. The Morgan fingerprint density at radius 2 is 1.88 bits per heavy atom. The Kier molecular flexibility index (Phi) is 4.37. The number of likely N-dealkylation sites (N-methyl/N-ethyl adjacent to an activating group) is 1. The highest BCUT2D eigenvalue weighted by Crippen LogP contribution is 2.15. The highest BCUT2D eigenvalue weighted by Gasteiger charge is 2.14. The van der Waals surface area contributed by atoms with Gasteiger partial charge < -0.3 is 10.6 Å². The Morgan fingerprint density at radius 3 is 2.31 bits per heavy atom. The quantitative estimate of drug-likeness (QED) is 0.627. The summed E-state index contributed by atoms with van der Waals surface area (Å²) in [6.45, 7) is 0.385. The van der Waals surface area contributed by atoms with Crippen molar-refractivity contribution < 1.29 is 9.59 Å². The second-order valence-corrected chi connectivity index (χ2v) is 4.25. The summed E-state index contributed by atoms with van der Waals surface area (Å²) in [7, 11) is 1.55. The number of carbonyl (C=O) groups is 2. The van der Waals surface area contributed by atoms with Crippen LogP contribution >= 0.6 is 11.8 Å². The summed E-state index contributed by atoms with van der Waals surface area (Å²) in [6, 6.07) is 7.80. The second-order valence-electron chi connectivity index (χ2n) is 3.37. The fraction of sp³-hybridized carbons (Fsp3) is 0.273. The molecule has 86 valence electrons. The van der Waals surface area contributed by atoms with E-state index in [0.29, 0.717) is 6.54 Å². The molecule has 0 aromatic heterocycles. The standard InChI is InChI=1S/C11H14N2O2S/c1-13(11(15)10(12)14)7-8-3-5-9(16-2)6-4-8/h3-6H,7H2,1-2H3,(H2,12,14). The van der Waals surface area contributed by atoms with Gasteiger partial charge in [0.15, 0.2) is 0 Å². The molecule has 0 unspecified atom stereocenters. The number of primary amides is 1. The topological polar surface area (TPSA) is 63.4 Å². The van der Waals surface area contributed by atoms with Crippen LogP contribution in [0.4, 0.5) is 0 Å². The third-order valence-corrected chi connectivity index (χ3v) is 2.88. The van der Waals surface area contributed by atoms with Crippen LogP contribution in [0, 0.1) is 0 Å². The third-order valence-electron chi connectivity index (χ3n) is 2.14. The van der Waals surface area contributed by atoms with Crippen LogP contribution in [0.5, 0.6) is 0 Å². The van der Waals surface area contributed by atoms with Crippen LogP contribution in [0.2, 0.25) is 0 Å². The molecular weight excluding hydrogens is 224 g/mol. The summed E-state index contributed by atoms with van der Waals surface area (Å²) in [5.41, 5.74) is 5.87. The first-order chi connectivity index (χ1) is 7.54. The zero-order valence-corrected chi connectivity index (χ0v) is 10.1. The van der Waals surface area contributed by atoms with Crippen LogP contribution in [0.1, 0.15) is 5.56 Å². The van der Waals surface area contributed by atoms with Crippen molar-refractivity contribution in [2.75, 3.05) is 13.3 Å². The van der Waals surface area contributed by atoms with Gasteiger partial charge in [0, 0.05) is 18.5 Å². The summed E-state index contributed by atoms with van der Waals surface area (Å²) in [6.07, 6.45) is 2.00. The minimum atomic E-state index is -0.928. The highest BCUT2D eigenvalue weighted by molar-refractivity contribution is 7.98. The van der Waals surface area contributed by atoms with Gasteiger partial charge in [-0.15, -0.1) is 11.8 Å². The van der Waals surface area contributed by atoms with Gasteiger partial charge >= 0.3 is 11.8 Å². The molecule has 0 saturated carbocycles. The molecule has 0 saturated heterocycles. The van der Waals surface area contributed by atoms with Gasteiger partial charge in [0.1, 0.15) is 0 Å². The number of carbonyl (C=O) groups excluding carboxylic acids is 2. The third kappa shape index (κ3) is 3.27. The van der Waals surface area contributed by atoms with Gasteiger partial charge in [-0.25, -0.2) is 0 Å². The van der Waals surface area contributed by atoms with Crippen LogP contribution in [-0.2, 0) is 16.1 Å². The van der Waals surface area contributed by atoms with E-state index < -0.39 is 11.8 Å². The second kappa shape index (κ2) is 5.55. The van der Waals surface area contributed by atoms with Crippen molar-refractivity contribution in [3.05, 3.63) is 29.8 Å². The van der Waals surface area contributed by atoms with Crippen LogP contribution in [0.3, 0.4) is 0 Å². The fourth-order valence-corrected chi connectivity index (χ4v) is 1.67. The number of rotatable bonds is 3. The van der Waals surface area contributed by atoms with E-state index in [1.165, 1.54) is 4.90 Å². The molecule has 0 bridgehead atoms. The lowest BCUT2D eigenvalue weighted by Crippen LogP contribution is -2.37.